The lowest BCUT2D eigenvalue weighted by molar-refractivity contribution is 0.0515. The van der Waals surface area contributed by atoms with E-state index in [9.17, 15) is 4.79 Å². The summed E-state index contributed by atoms with van der Waals surface area (Å²) in [5, 5.41) is 4.53. The number of benzene rings is 1. The Morgan fingerprint density at radius 2 is 2.05 bits per heavy atom. The third-order valence-electron chi connectivity index (χ3n) is 5.06. The molecule has 2 aliphatic rings. The van der Waals surface area contributed by atoms with Crippen molar-refractivity contribution < 1.29 is 9.21 Å². The molecular weight excluding hydrogens is 264 g/mol. The highest BCUT2D eigenvalue weighted by molar-refractivity contribution is 5.96. The summed E-state index contributed by atoms with van der Waals surface area (Å²) >= 11 is 0. The maximum absolute atomic E-state index is 12.6. The Morgan fingerprint density at radius 1 is 1.29 bits per heavy atom. The summed E-state index contributed by atoms with van der Waals surface area (Å²) in [6.45, 7) is 4.77. The predicted molar refractivity (Wildman–Crippen MR) is 81.4 cm³/mol. The monoisotopic (exact) mass is 284 g/mol. The van der Waals surface area contributed by atoms with Crippen LogP contribution < -0.4 is 5.32 Å². The van der Waals surface area contributed by atoms with E-state index in [1.54, 1.807) is 0 Å². The minimum absolute atomic E-state index is 0.0276. The zero-order valence-electron chi connectivity index (χ0n) is 12.3. The predicted octanol–water partition coefficient (Wildman–Crippen LogP) is 2.71. The molecule has 4 rings (SSSR count). The Hall–Kier alpha value is -1.81. The van der Waals surface area contributed by atoms with Gasteiger partial charge in [-0.1, -0.05) is 18.2 Å². The third-order valence-corrected chi connectivity index (χ3v) is 5.06. The number of carbonyl (C=O) groups is 1. The number of rotatable bonds is 1. The van der Waals surface area contributed by atoms with Gasteiger partial charge >= 0.3 is 0 Å². The van der Waals surface area contributed by atoms with Gasteiger partial charge in [0.15, 0.2) is 5.76 Å². The normalized spacial score (nSPS) is 20.7. The highest BCUT2D eigenvalue weighted by Gasteiger charge is 2.40. The van der Waals surface area contributed by atoms with Crippen LogP contribution in [0.5, 0.6) is 0 Å². The number of amides is 1. The van der Waals surface area contributed by atoms with E-state index in [1.807, 2.05) is 36.1 Å². The average Bonchev–Trinajstić information content (AvgIpc) is 2.91. The van der Waals surface area contributed by atoms with E-state index in [2.05, 4.69) is 5.32 Å². The van der Waals surface area contributed by atoms with E-state index in [-0.39, 0.29) is 5.91 Å². The maximum Gasteiger partial charge on any atom is 0.289 e. The number of carbonyl (C=O) groups excluding carboxylic acids is 1. The van der Waals surface area contributed by atoms with Crippen molar-refractivity contribution in [2.45, 2.75) is 31.7 Å². The number of furan rings is 1. The van der Waals surface area contributed by atoms with E-state index in [0.717, 1.165) is 49.0 Å². The van der Waals surface area contributed by atoms with Gasteiger partial charge in [-0.3, -0.25) is 4.79 Å². The Bertz CT molecular complexity index is 690. The van der Waals surface area contributed by atoms with Crippen molar-refractivity contribution in [1.29, 1.82) is 0 Å². The number of hydrogen-bond donors (Lipinski definition) is 1. The van der Waals surface area contributed by atoms with Gasteiger partial charge in [0.25, 0.3) is 5.91 Å². The van der Waals surface area contributed by atoms with Gasteiger partial charge in [-0.05, 0) is 44.4 Å². The number of piperidine rings is 1. The highest BCUT2D eigenvalue weighted by atomic mass is 16.3. The molecule has 3 heterocycles. The summed E-state index contributed by atoms with van der Waals surface area (Å²) in [4.78, 5) is 14.5. The fourth-order valence-corrected chi connectivity index (χ4v) is 3.51. The molecule has 0 bridgehead atoms. The van der Waals surface area contributed by atoms with Gasteiger partial charge in [0, 0.05) is 24.0 Å². The largest absolute Gasteiger partial charge is 0.451 e. The molecule has 110 valence electrons. The van der Waals surface area contributed by atoms with E-state index in [0.29, 0.717) is 11.3 Å². The number of para-hydroxylation sites is 1. The quantitative estimate of drug-likeness (QED) is 0.875. The Morgan fingerprint density at radius 3 is 2.67 bits per heavy atom. The SMILES string of the molecule is Cc1cccc2cc(C(=O)N3CCC4(CCN4)CC3)oc12. The molecule has 21 heavy (non-hydrogen) atoms. The lowest BCUT2D eigenvalue weighted by Gasteiger charge is -2.48. The van der Waals surface area contributed by atoms with Gasteiger partial charge in [0.05, 0.1) is 0 Å². The molecule has 1 aromatic heterocycles. The fraction of sp³-hybridized carbons (Fsp3) is 0.471. The minimum Gasteiger partial charge on any atom is -0.451 e. The molecule has 2 aromatic rings. The molecule has 1 N–H and O–H groups in total. The summed E-state index contributed by atoms with van der Waals surface area (Å²) in [7, 11) is 0. The van der Waals surface area contributed by atoms with Gasteiger partial charge < -0.3 is 14.6 Å². The second-order valence-electron chi connectivity index (χ2n) is 6.35. The van der Waals surface area contributed by atoms with Crippen LogP contribution in [0.2, 0.25) is 0 Å². The minimum atomic E-state index is 0.0276. The summed E-state index contributed by atoms with van der Waals surface area (Å²) in [6, 6.07) is 7.87. The molecular formula is C17H20N2O2. The van der Waals surface area contributed by atoms with Crippen LogP contribution in [0.25, 0.3) is 11.0 Å². The molecule has 0 aliphatic carbocycles. The molecule has 4 nitrogen and oxygen atoms in total. The zero-order chi connectivity index (χ0) is 14.4. The van der Waals surface area contributed by atoms with E-state index < -0.39 is 0 Å². The molecule has 4 heteroatoms. The van der Waals surface area contributed by atoms with Crippen LogP contribution in [-0.2, 0) is 0 Å². The first kappa shape index (κ1) is 12.9. The molecule has 0 unspecified atom stereocenters. The van der Waals surface area contributed by atoms with Gasteiger partial charge in [0.2, 0.25) is 0 Å². The number of aryl methyl sites for hydroxylation is 1. The van der Waals surface area contributed by atoms with Gasteiger partial charge in [-0.2, -0.15) is 0 Å². The summed E-state index contributed by atoms with van der Waals surface area (Å²) < 4.78 is 5.80. The van der Waals surface area contributed by atoms with Crippen molar-refractivity contribution in [2.75, 3.05) is 19.6 Å². The Labute approximate surface area is 124 Å². The van der Waals surface area contributed by atoms with Crippen LogP contribution in [0, 0.1) is 6.92 Å². The Balaban J connectivity index is 1.55. The fourth-order valence-electron chi connectivity index (χ4n) is 3.51. The number of likely N-dealkylation sites (tertiary alicyclic amines) is 1. The standard InChI is InChI=1S/C17H20N2O2/c1-12-3-2-4-13-11-14(21-15(12)13)16(20)19-9-6-17(7-10-19)5-8-18-17/h2-4,11,18H,5-10H2,1H3. The number of hydrogen-bond acceptors (Lipinski definition) is 3. The molecule has 0 saturated carbocycles. The molecule has 1 spiro atoms. The zero-order valence-corrected chi connectivity index (χ0v) is 12.3. The van der Waals surface area contributed by atoms with Crippen molar-refractivity contribution in [3.8, 4) is 0 Å². The molecule has 0 atom stereocenters. The van der Waals surface area contributed by atoms with Crippen molar-refractivity contribution in [1.82, 2.24) is 10.2 Å². The molecule has 1 amide bonds. The number of nitrogens with one attached hydrogen (secondary N) is 1. The topological polar surface area (TPSA) is 45.5 Å². The molecule has 2 aliphatic heterocycles. The van der Waals surface area contributed by atoms with Crippen LogP contribution in [0.1, 0.15) is 35.4 Å². The smallest absolute Gasteiger partial charge is 0.289 e. The van der Waals surface area contributed by atoms with Crippen LogP contribution in [-0.4, -0.2) is 36.0 Å². The number of nitrogens with zero attached hydrogens (tertiary/aromatic N) is 1. The van der Waals surface area contributed by atoms with Crippen molar-refractivity contribution in [3.63, 3.8) is 0 Å². The van der Waals surface area contributed by atoms with Crippen LogP contribution >= 0.6 is 0 Å². The van der Waals surface area contributed by atoms with Gasteiger partial charge in [0.1, 0.15) is 5.58 Å². The molecule has 1 aromatic carbocycles. The van der Waals surface area contributed by atoms with E-state index >= 15 is 0 Å². The van der Waals surface area contributed by atoms with Crippen molar-refractivity contribution in [2.24, 2.45) is 0 Å². The molecule has 2 saturated heterocycles. The van der Waals surface area contributed by atoms with E-state index in [4.69, 9.17) is 4.42 Å². The summed E-state index contributed by atoms with van der Waals surface area (Å²) in [6.07, 6.45) is 3.36. The second kappa shape index (κ2) is 4.60. The summed E-state index contributed by atoms with van der Waals surface area (Å²) in [5.74, 6) is 0.497. The van der Waals surface area contributed by atoms with Crippen LogP contribution in [0.3, 0.4) is 0 Å². The molecule has 0 radical (unpaired) electrons. The molecule has 2 fully saturated rings. The number of fused-ring (bicyclic) bond motifs is 1. The van der Waals surface area contributed by atoms with Crippen molar-refractivity contribution in [3.05, 3.63) is 35.6 Å². The van der Waals surface area contributed by atoms with Crippen molar-refractivity contribution >= 4 is 16.9 Å². The average molecular weight is 284 g/mol. The maximum atomic E-state index is 12.6. The third kappa shape index (κ3) is 2.05. The van der Waals surface area contributed by atoms with Gasteiger partial charge in [-0.25, -0.2) is 0 Å². The second-order valence-corrected chi connectivity index (χ2v) is 6.35. The van der Waals surface area contributed by atoms with Crippen LogP contribution in [0.4, 0.5) is 0 Å². The highest BCUT2D eigenvalue weighted by Crippen LogP contribution is 2.32. The van der Waals surface area contributed by atoms with E-state index in [1.165, 1.54) is 6.42 Å². The lowest BCUT2D eigenvalue weighted by atomic mass is 9.79. The van der Waals surface area contributed by atoms with Gasteiger partial charge in [-0.15, -0.1) is 0 Å². The first-order valence-corrected chi connectivity index (χ1v) is 7.70. The summed E-state index contributed by atoms with van der Waals surface area (Å²) in [5.41, 5.74) is 2.22. The first-order valence-electron chi connectivity index (χ1n) is 7.70. The van der Waals surface area contributed by atoms with Crippen LogP contribution in [0.15, 0.2) is 28.7 Å². The Kier molecular flexibility index (Phi) is 2.82. The lowest BCUT2D eigenvalue weighted by Crippen LogP contribution is -2.62. The first-order chi connectivity index (χ1) is 10.2.